The Balaban J connectivity index is 1.96. The molecule has 0 spiro atoms. The first-order valence-electron chi connectivity index (χ1n) is 7.13. The molecule has 19 heavy (non-hydrogen) atoms. The van der Waals surface area contributed by atoms with Gasteiger partial charge >= 0.3 is 0 Å². The molecule has 1 fully saturated rings. The van der Waals surface area contributed by atoms with Gasteiger partial charge in [0.2, 0.25) is 0 Å². The highest BCUT2D eigenvalue weighted by atomic mass is 32.2. The van der Waals surface area contributed by atoms with Crippen molar-refractivity contribution >= 4 is 34.2 Å². The van der Waals surface area contributed by atoms with Crippen LogP contribution in [-0.2, 0) is 4.79 Å². The smallest absolute Gasteiger partial charge is 0.265 e. The van der Waals surface area contributed by atoms with E-state index in [1.165, 1.54) is 18.2 Å². The van der Waals surface area contributed by atoms with Gasteiger partial charge in [-0.25, -0.2) is 0 Å². The molecule has 0 aromatic rings. The highest BCUT2D eigenvalue weighted by molar-refractivity contribution is 8.26. The summed E-state index contributed by atoms with van der Waals surface area (Å²) >= 11 is 6.80. The van der Waals surface area contributed by atoms with Crippen molar-refractivity contribution in [1.82, 2.24) is 4.90 Å². The Kier molecular flexibility index (Phi) is 5.64. The molecule has 0 aromatic heterocycles. The Morgan fingerprint density at radius 2 is 2.32 bits per heavy atom. The quantitative estimate of drug-likeness (QED) is 0.327. The number of unbranched alkanes of at least 4 members (excludes halogenated alkanes) is 2. The van der Waals surface area contributed by atoms with E-state index in [1.54, 1.807) is 4.90 Å². The normalized spacial score (nSPS) is 25.6. The van der Waals surface area contributed by atoms with Crippen LogP contribution in [0.1, 0.15) is 45.4 Å². The van der Waals surface area contributed by atoms with Crippen molar-refractivity contribution in [1.29, 1.82) is 0 Å². The topological polar surface area (TPSA) is 20.3 Å². The van der Waals surface area contributed by atoms with Gasteiger partial charge in [-0.2, -0.15) is 0 Å². The summed E-state index contributed by atoms with van der Waals surface area (Å²) in [7, 11) is 0. The summed E-state index contributed by atoms with van der Waals surface area (Å²) < 4.78 is 0.735. The molecule has 0 radical (unpaired) electrons. The molecule has 1 aliphatic heterocycles. The van der Waals surface area contributed by atoms with Crippen LogP contribution in [0.25, 0.3) is 0 Å². The van der Waals surface area contributed by atoms with Gasteiger partial charge in [-0.1, -0.05) is 62.0 Å². The highest BCUT2D eigenvalue weighted by Crippen LogP contribution is 2.34. The lowest BCUT2D eigenvalue weighted by Gasteiger charge is -2.15. The van der Waals surface area contributed by atoms with Crippen LogP contribution in [0.5, 0.6) is 0 Å². The number of amides is 1. The van der Waals surface area contributed by atoms with Gasteiger partial charge in [0.15, 0.2) is 0 Å². The molecule has 1 saturated heterocycles. The maximum Gasteiger partial charge on any atom is 0.265 e. The Bertz CT molecular complexity index is 414. The molecule has 1 unspecified atom stereocenters. The Morgan fingerprint density at radius 1 is 1.47 bits per heavy atom. The third-order valence-electron chi connectivity index (χ3n) is 3.56. The minimum atomic E-state index is 0.126. The molecular formula is C15H21NOS2. The van der Waals surface area contributed by atoms with Crippen LogP contribution >= 0.6 is 24.0 Å². The third-order valence-corrected chi connectivity index (χ3v) is 4.95. The molecule has 1 heterocycles. The summed E-state index contributed by atoms with van der Waals surface area (Å²) in [5.41, 5.74) is 0. The molecule has 1 amide bonds. The van der Waals surface area contributed by atoms with E-state index in [9.17, 15) is 4.79 Å². The lowest BCUT2D eigenvalue weighted by atomic mass is 9.94. The van der Waals surface area contributed by atoms with Crippen LogP contribution in [0.2, 0.25) is 0 Å². The van der Waals surface area contributed by atoms with Gasteiger partial charge in [0.25, 0.3) is 5.91 Å². The van der Waals surface area contributed by atoms with E-state index in [4.69, 9.17) is 12.2 Å². The van der Waals surface area contributed by atoms with Gasteiger partial charge < -0.3 is 0 Å². The molecule has 2 nitrogen and oxygen atoms in total. The summed E-state index contributed by atoms with van der Waals surface area (Å²) in [5.74, 6) is 0.635. The van der Waals surface area contributed by atoms with Crippen molar-refractivity contribution in [3.63, 3.8) is 0 Å². The van der Waals surface area contributed by atoms with Crippen LogP contribution in [0.3, 0.4) is 0 Å². The number of thioether (sulfide) groups is 1. The molecule has 2 rings (SSSR count). The van der Waals surface area contributed by atoms with Crippen molar-refractivity contribution < 1.29 is 4.79 Å². The van der Waals surface area contributed by atoms with E-state index in [1.807, 2.05) is 0 Å². The summed E-state index contributed by atoms with van der Waals surface area (Å²) in [6, 6.07) is 0. The number of rotatable bonds is 5. The third kappa shape index (κ3) is 3.93. The standard InChI is InChI=1S/C15H21NOS2/c1-2-3-7-10-16-14(17)13(19-15(16)18)11-12-8-5-4-6-9-12/h4-5,11-12H,2-3,6-10H2,1H3/b13-11-. The Morgan fingerprint density at radius 3 is 3.00 bits per heavy atom. The maximum absolute atomic E-state index is 12.3. The molecule has 2 aliphatic rings. The van der Waals surface area contributed by atoms with Crippen molar-refractivity contribution in [3.8, 4) is 0 Å². The zero-order valence-electron chi connectivity index (χ0n) is 11.4. The average molecular weight is 295 g/mol. The second kappa shape index (κ2) is 7.25. The predicted octanol–water partition coefficient (Wildman–Crippen LogP) is 4.28. The maximum atomic E-state index is 12.3. The van der Waals surface area contributed by atoms with Gasteiger partial charge in [-0.15, -0.1) is 0 Å². The minimum absolute atomic E-state index is 0.126. The second-order valence-electron chi connectivity index (χ2n) is 5.11. The predicted molar refractivity (Wildman–Crippen MR) is 86.0 cm³/mol. The summed E-state index contributed by atoms with van der Waals surface area (Å²) in [6.45, 7) is 2.95. The zero-order valence-corrected chi connectivity index (χ0v) is 13.1. The molecule has 1 aliphatic carbocycles. The fourth-order valence-corrected chi connectivity index (χ4v) is 3.78. The molecule has 0 aromatic carbocycles. The molecule has 0 bridgehead atoms. The van der Waals surface area contributed by atoms with Gasteiger partial charge in [0.1, 0.15) is 4.32 Å². The number of hydrogen-bond donors (Lipinski definition) is 0. The largest absolute Gasteiger partial charge is 0.293 e. The van der Waals surface area contributed by atoms with Crippen molar-refractivity contribution in [3.05, 3.63) is 23.1 Å². The lowest BCUT2D eigenvalue weighted by Crippen LogP contribution is -2.29. The van der Waals surface area contributed by atoms with E-state index in [2.05, 4.69) is 25.2 Å². The Hall–Kier alpha value is -0.610. The monoisotopic (exact) mass is 295 g/mol. The van der Waals surface area contributed by atoms with Crippen LogP contribution in [-0.4, -0.2) is 21.7 Å². The van der Waals surface area contributed by atoms with Gasteiger partial charge in [0, 0.05) is 6.54 Å². The number of nitrogens with zero attached hydrogens (tertiary/aromatic N) is 1. The summed E-state index contributed by atoms with van der Waals surface area (Å²) in [5, 5.41) is 0. The lowest BCUT2D eigenvalue weighted by molar-refractivity contribution is -0.122. The second-order valence-corrected chi connectivity index (χ2v) is 6.78. The molecule has 4 heteroatoms. The van der Waals surface area contributed by atoms with Gasteiger partial charge in [0.05, 0.1) is 4.91 Å². The first-order valence-corrected chi connectivity index (χ1v) is 8.35. The van der Waals surface area contributed by atoms with E-state index in [0.29, 0.717) is 5.92 Å². The number of hydrogen-bond acceptors (Lipinski definition) is 3. The van der Waals surface area contributed by atoms with E-state index in [0.717, 1.165) is 47.9 Å². The van der Waals surface area contributed by atoms with Gasteiger partial charge in [-0.05, 0) is 31.6 Å². The average Bonchev–Trinajstić information content (AvgIpc) is 2.68. The van der Waals surface area contributed by atoms with Crippen LogP contribution in [0.15, 0.2) is 23.1 Å². The van der Waals surface area contributed by atoms with E-state index in [-0.39, 0.29) is 5.91 Å². The van der Waals surface area contributed by atoms with Crippen molar-refractivity contribution in [2.45, 2.75) is 45.4 Å². The SMILES string of the molecule is CCCCCN1C(=O)/C(=C/C2CC=CCC2)SC1=S. The van der Waals surface area contributed by atoms with Crippen LogP contribution < -0.4 is 0 Å². The minimum Gasteiger partial charge on any atom is -0.293 e. The first-order chi connectivity index (χ1) is 9.22. The summed E-state index contributed by atoms with van der Waals surface area (Å²) in [4.78, 5) is 14.9. The highest BCUT2D eigenvalue weighted by Gasteiger charge is 2.31. The first kappa shape index (κ1) is 14.8. The van der Waals surface area contributed by atoms with E-state index < -0.39 is 0 Å². The van der Waals surface area contributed by atoms with Crippen LogP contribution in [0, 0.1) is 5.92 Å². The number of carbonyl (C=O) groups excluding carboxylic acids is 1. The zero-order chi connectivity index (χ0) is 13.7. The summed E-state index contributed by atoms with van der Waals surface area (Å²) in [6.07, 6.45) is 13.3. The van der Waals surface area contributed by atoms with Crippen molar-refractivity contribution in [2.75, 3.05) is 6.54 Å². The fourth-order valence-electron chi connectivity index (χ4n) is 2.41. The van der Waals surface area contributed by atoms with Crippen LogP contribution in [0.4, 0.5) is 0 Å². The molecule has 0 N–H and O–H groups in total. The molecule has 0 saturated carbocycles. The number of carbonyl (C=O) groups is 1. The van der Waals surface area contributed by atoms with Crippen molar-refractivity contribution in [2.24, 2.45) is 5.92 Å². The fraction of sp³-hybridized carbons (Fsp3) is 0.600. The van der Waals surface area contributed by atoms with Gasteiger partial charge in [-0.3, -0.25) is 9.69 Å². The number of allylic oxidation sites excluding steroid dienone is 3. The molecule has 104 valence electrons. The molecular weight excluding hydrogens is 274 g/mol. The molecule has 1 atom stereocenters. The Labute approximate surface area is 125 Å². The van der Waals surface area contributed by atoms with E-state index >= 15 is 0 Å². The number of thiocarbonyl (C=S) groups is 1.